The summed E-state index contributed by atoms with van der Waals surface area (Å²) < 4.78 is 6.83. The van der Waals surface area contributed by atoms with E-state index in [9.17, 15) is 4.91 Å². The molecular weight excluding hydrogens is 244 g/mol. The third kappa shape index (κ3) is 1.74. The Hall–Kier alpha value is -2.76. The SMILES string of the molecule is COc1ccccc1-c1nc2ncccn2c1N=O. The molecule has 0 aliphatic rings. The maximum Gasteiger partial charge on any atom is 0.236 e. The Morgan fingerprint density at radius 3 is 2.89 bits per heavy atom. The van der Waals surface area contributed by atoms with Crippen LogP contribution < -0.4 is 4.74 Å². The van der Waals surface area contributed by atoms with Crippen molar-refractivity contribution in [3.63, 3.8) is 0 Å². The number of imidazole rings is 1. The lowest BCUT2D eigenvalue weighted by molar-refractivity contribution is 0.416. The number of fused-ring (bicyclic) bond motifs is 1. The van der Waals surface area contributed by atoms with Gasteiger partial charge in [0.1, 0.15) is 11.4 Å². The highest BCUT2D eigenvalue weighted by molar-refractivity contribution is 5.77. The summed E-state index contributed by atoms with van der Waals surface area (Å²) in [6.07, 6.45) is 3.31. The second kappa shape index (κ2) is 4.49. The summed E-state index contributed by atoms with van der Waals surface area (Å²) >= 11 is 0. The lowest BCUT2D eigenvalue weighted by Gasteiger charge is -2.05. The van der Waals surface area contributed by atoms with Crippen LogP contribution in [0.15, 0.2) is 47.9 Å². The first-order chi connectivity index (χ1) is 9.35. The first-order valence-electron chi connectivity index (χ1n) is 5.65. The molecule has 0 aliphatic heterocycles. The van der Waals surface area contributed by atoms with Gasteiger partial charge in [-0.25, -0.2) is 9.97 Å². The van der Waals surface area contributed by atoms with Gasteiger partial charge in [0.15, 0.2) is 0 Å². The number of hydrogen-bond acceptors (Lipinski definition) is 5. The minimum atomic E-state index is 0.215. The molecule has 2 heterocycles. The van der Waals surface area contributed by atoms with Gasteiger partial charge in [0.05, 0.1) is 7.11 Å². The molecule has 6 heteroatoms. The molecule has 19 heavy (non-hydrogen) atoms. The van der Waals surface area contributed by atoms with E-state index in [2.05, 4.69) is 15.1 Å². The first-order valence-corrected chi connectivity index (χ1v) is 5.65. The average molecular weight is 254 g/mol. The second-order valence-corrected chi connectivity index (χ2v) is 3.87. The van der Waals surface area contributed by atoms with Gasteiger partial charge in [0, 0.05) is 18.0 Å². The number of para-hydroxylation sites is 1. The van der Waals surface area contributed by atoms with Crippen molar-refractivity contribution in [1.82, 2.24) is 14.4 Å². The van der Waals surface area contributed by atoms with E-state index in [-0.39, 0.29) is 5.82 Å². The van der Waals surface area contributed by atoms with Crippen LogP contribution in [0.2, 0.25) is 0 Å². The predicted molar refractivity (Wildman–Crippen MR) is 70.4 cm³/mol. The molecule has 3 aromatic rings. The van der Waals surface area contributed by atoms with Crippen LogP contribution in [0.3, 0.4) is 0 Å². The fraction of sp³-hybridized carbons (Fsp3) is 0.0769. The Morgan fingerprint density at radius 1 is 1.26 bits per heavy atom. The van der Waals surface area contributed by atoms with Crippen LogP contribution in [0.1, 0.15) is 0 Å². The third-order valence-electron chi connectivity index (χ3n) is 2.83. The monoisotopic (exact) mass is 254 g/mol. The van der Waals surface area contributed by atoms with E-state index in [1.807, 2.05) is 18.2 Å². The zero-order chi connectivity index (χ0) is 13.2. The maximum absolute atomic E-state index is 11.1. The molecule has 0 saturated carbocycles. The van der Waals surface area contributed by atoms with Crippen LogP contribution in [-0.2, 0) is 0 Å². The van der Waals surface area contributed by atoms with E-state index >= 15 is 0 Å². The van der Waals surface area contributed by atoms with Crippen LogP contribution >= 0.6 is 0 Å². The molecule has 0 unspecified atom stereocenters. The highest BCUT2D eigenvalue weighted by atomic mass is 16.5. The van der Waals surface area contributed by atoms with Crippen molar-refractivity contribution < 1.29 is 4.74 Å². The van der Waals surface area contributed by atoms with E-state index in [1.165, 1.54) is 0 Å². The van der Waals surface area contributed by atoms with E-state index in [0.29, 0.717) is 22.8 Å². The van der Waals surface area contributed by atoms with Gasteiger partial charge in [-0.2, -0.15) is 0 Å². The minimum Gasteiger partial charge on any atom is -0.496 e. The molecular formula is C13H10N4O2. The van der Waals surface area contributed by atoms with Gasteiger partial charge >= 0.3 is 0 Å². The van der Waals surface area contributed by atoms with Gasteiger partial charge in [-0.15, -0.1) is 4.91 Å². The largest absolute Gasteiger partial charge is 0.496 e. The van der Waals surface area contributed by atoms with Crippen LogP contribution in [0.5, 0.6) is 5.75 Å². The lowest BCUT2D eigenvalue weighted by Crippen LogP contribution is -1.87. The molecule has 0 atom stereocenters. The number of methoxy groups -OCH3 is 1. The molecule has 0 spiro atoms. The van der Waals surface area contributed by atoms with Gasteiger partial charge in [0.25, 0.3) is 0 Å². The normalized spacial score (nSPS) is 10.6. The quantitative estimate of drug-likeness (QED) is 0.674. The van der Waals surface area contributed by atoms with Crippen LogP contribution in [0, 0.1) is 4.91 Å². The highest BCUT2D eigenvalue weighted by Crippen LogP contribution is 2.35. The summed E-state index contributed by atoms with van der Waals surface area (Å²) in [5.41, 5.74) is 1.18. The molecule has 94 valence electrons. The lowest BCUT2D eigenvalue weighted by atomic mass is 10.1. The maximum atomic E-state index is 11.1. The summed E-state index contributed by atoms with van der Waals surface area (Å²) in [5, 5.41) is 3.07. The number of nitroso groups, excluding NO2 is 1. The molecule has 0 fully saturated rings. The molecule has 0 radical (unpaired) electrons. The summed E-state index contributed by atoms with van der Waals surface area (Å²) in [6, 6.07) is 9.06. The Bertz CT molecular complexity index is 751. The summed E-state index contributed by atoms with van der Waals surface area (Å²) in [7, 11) is 1.57. The van der Waals surface area contributed by atoms with Crippen LogP contribution in [0.25, 0.3) is 17.0 Å². The van der Waals surface area contributed by atoms with Crippen molar-refractivity contribution in [1.29, 1.82) is 0 Å². The minimum absolute atomic E-state index is 0.215. The van der Waals surface area contributed by atoms with Crippen molar-refractivity contribution in [2.75, 3.05) is 7.11 Å². The Morgan fingerprint density at radius 2 is 2.11 bits per heavy atom. The number of ether oxygens (including phenoxy) is 1. The molecule has 0 aliphatic carbocycles. The Labute approximate surface area is 108 Å². The summed E-state index contributed by atoms with van der Waals surface area (Å²) in [5.74, 6) is 1.28. The first kappa shape index (κ1) is 11.3. The molecule has 0 amide bonds. The van der Waals surface area contributed by atoms with E-state index < -0.39 is 0 Å². The Balaban J connectivity index is 2.33. The van der Waals surface area contributed by atoms with E-state index in [4.69, 9.17) is 4.74 Å². The summed E-state index contributed by atoms with van der Waals surface area (Å²) in [4.78, 5) is 19.5. The van der Waals surface area contributed by atoms with Crippen LogP contribution in [0.4, 0.5) is 5.82 Å². The average Bonchev–Trinajstić information content (AvgIpc) is 2.85. The van der Waals surface area contributed by atoms with Gasteiger partial charge < -0.3 is 4.74 Å². The Kier molecular flexibility index (Phi) is 2.68. The fourth-order valence-corrected chi connectivity index (χ4v) is 1.98. The van der Waals surface area contributed by atoms with Gasteiger partial charge in [-0.3, -0.25) is 4.40 Å². The molecule has 3 rings (SSSR count). The molecule has 0 N–H and O–H groups in total. The number of benzene rings is 1. The topological polar surface area (TPSA) is 68.8 Å². The smallest absolute Gasteiger partial charge is 0.236 e. The molecule has 0 bridgehead atoms. The highest BCUT2D eigenvalue weighted by Gasteiger charge is 2.18. The zero-order valence-electron chi connectivity index (χ0n) is 10.1. The fourth-order valence-electron chi connectivity index (χ4n) is 1.98. The molecule has 2 aromatic heterocycles. The van der Waals surface area contributed by atoms with E-state index in [0.717, 1.165) is 0 Å². The zero-order valence-corrected chi connectivity index (χ0v) is 10.1. The third-order valence-corrected chi connectivity index (χ3v) is 2.83. The predicted octanol–water partition coefficient (Wildman–Crippen LogP) is 2.80. The number of hydrogen-bond donors (Lipinski definition) is 0. The van der Waals surface area contributed by atoms with Crippen molar-refractivity contribution in [3.05, 3.63) is 47.6 Å². The molecule has 1 aromatic carbocycles. The van der Waals surface area contributed by atoms with Gasteiger partial charge in [0.2, 0.25) is 11.6 Å². The number of rotatable bonds is 3. The van der Waals surface area contributed by atoms with Crippen molar-refractivity contribution in [2.45, 2.75) is 0 Å². The number of aromatic nitrogens is 3. The van der Waals surface area contributed by atoms with Crippen LogP contribution in [-0.4, -0.2) is 21.5 Å². The van der Waals surface area contributed by atoms with Crippen molar-refractivity contribution in [3.8, 4) is 17.0 Å². The molecule has 6 nitrogen and oxygen atoms in total. The molecule has 0 saturated heterocycles. The van der Waals surface area contributed by atoms with Gasteiger partial charge in [-0.1, -0.05) is 12.1 Å². The standard InChI is InChI=1S/C13H10N4O2/c1-19-10-6-3-2-5-9(10)11-12(16-18)17-8-4-7-14-13(17)15-11/h2-8H,1H3. The number of nitrogens with zero attached hydrogens (tertiary/aromatic N) is 4. The van der Waals surface area contributed by atoms with E-state index in [1.54, 1.807) is 36.0 Å². The summed E-state index contributed by atoms with van der Waals surface area (Å²) in [6.45, 7) is 0. The van der Waals surface area contributed by atoms with Crippen molar-refractivity contribution >= 4 is 11.6 Å². The van der Waals surface area contributed by atoms with Gasteiger partial charge in [-0.05, 0) is 23.4 Å². The second-order valence-electron chi connectivity index (χ2n) is 3.87. The van der Waals surface area contributed by atoms with Crippen molar-refractivity contribution in [2.24, 2.45) is 5.18 Å².